The summed E-state index contributed by atoms with van der Waals surface area (Å²) in [6.07, 6.45) is -0.641. The summed E-state index contributed by atoms with van der Waals surface area (Å²) in [6, 6.07) is 0. The second kappa shape index (κ2) is 7.28. The van der Waals surface area contributed by atoms with Gasteiger partial charge in [0.25, 0.3) is 0 Å². The fraction of sp³-hybridized carbons (Fsp3) is 0.750. The molecule has 0 heterocycles. The van der Waals surface area contributed by atoms with Crippen LogP contribution in [-0.2, 0) is 19.1 Å². The van der Waals surface area contributed by atoms with Crippen LogP contribution < -0.4 is 5.32 Å². The van der Waals surface area contributed by atoms with E-state index in [1.807, 2.05) is 0 Å². The first-order valence-electron chi connectivity index (χ1n) is 4.10. The third kappa shape index (κ3) is 6.38. The number of amides is 1. The highest BCUT2D eigenvalue weighted by Gasteiger charge is 2.12. The number of aliphatic carboxylic acids is 1. The van der Waals surface area contributed by atoms with Crippen LogP contribution in [0.15, 0.2) is 0 Å². The number of carboxylic acid groups (broad SMARTS) is 1. The Morgan fingerprint density at radius 1 is 1.43 bits per heavy atom. The molecule has 14 heavy (non-hydrogen) atoms. The number of hydrogen-bond acceptors (Lipinski definition) is 4. The van der Waals surface area contributed by atoms with E-state index in [1.54, 1.807) is 0 Å². The molecule has 0 saturated carbocycles. The molecule has 0 radical (unpaired) electrons. The van der Waals surface area contributed by atoms with Crippen LogP contribution in [0.2, 0.25) is 0 Å². The first kappa shape index (κ1) is 12.9. The minimum Gasteiger partial charge on any atom is -0.481 e. The van der Waals surface area contributed by atoms with Crippen molar-refractivity contribution >= 4 is 11.9 Å². The topological polar surface area (TPSA) is 84.9 Å². The number of nitrogens with one attached hydrogen (secondary N) is 1. The Labute approximate surface area is 82.2 Å². The van der Waals surface area contributed by atoms with Crippen molar-refractivity contribution in [1.82, 2.24) is 5.32 Å². The number of carbonyl (C=O) groups excluding carboxylic acids is 1. The van der Waals surface area contributed by atoms with E-state index in [0.29, 0.717) is 0 Å². The van der Waals surface area contributed by atoms with Gasteiger partial charge in [-0.15, -0.1) is 0 Å². The third-order valence-corrected chi connectivity index (χ3v) is 1.54. The average molecular weight is 205 g/mol. The van der Waals surface area contributed by atoms with Gasteiger partial charge in [-0.05, 0) is 0 Å². The molecule has 0 fully saturated rings. The van der Waals surface area contributed by atoms with Crippen LogP contribution in [0.4, 0.5) is 0 Å². The van der Waals surface area contributed by atoms with E-state index in [1.165, 1.54) is 14.2 Å². The molecule has 6 nitrogen and oxygen atoms in total. The molecule has 0 aliphatic heterocycles. The molecule has 0 aromatic rings. The van der Waals surface area contributed by atoms with E-state index in [0.717, 1.165) is 0 Å². The molecular formula is C8H15NO5. The van der Waals surface area contributed by atoms with E-state index in [2.05, 4.69) is 10.1 Å². The number of rotatable bonds is 7. The fourth-order valence-electron chi connectivity index (χ4n) is 0.843. The Balaban J connectivity index is 3.71. The number of ether oxygens (including phenoxy) is 2. The summed E-state index contributed by atoms with van der Waals surface area (Å²) in [7, 11) is 2.81. The van der Waals surface area contributed by atoms with E-state index < -0.39 is 12.1 Å². The van der Waals surface area contributed by atoms with Crippen molar-refractivity contribution in [2.45, 2.75) is 12.5 Å². The van der Waals surface area contributed by atoms with Crippen molar-refractivity contribution in [2.24, 2.45) is 0 Å². The number of hydrogen-bond donors (Lipinski definition) is 2. The molecule has 0 spiro atoms. The van der Waals surface area contributed by atoms with Crippen LogP contribution in [0.25, 0.3) is 0 Å². The standard InChI is InChI=1S/C8H15NO5/c1-13-5-7(10)9-4-6(14-2)3-8(11)12/h6H,3-5H2,1-2H3,(H,9,10)(H,11,12). The van der Waals surface area contributed by atoms with Gasteiger partial charge in [0.15, 0.2) is 0 Å². The molecule has 82 valence electrons. The summed E-state index contributed by atoms with van der Waals surface area (Å²) >= 11 is 0. The van der Waals surface area contributed by atoms with Crippen molar-refractivity contribution in [1.29, 1.82) is 0 Å². The number of methoxy groups -OCH3 is 2. The van der Waals surface area contributed by atoms with Crippen LogP contribution in [0, 0.1) is 0 Å². The summed E-state index contributed by atoms with van der Waals surface area (Å²) in [5.74, 6) is -1.25. The van der Waals surface area contributed by atoms with E-state index in [4.69, 9.17) is 9.84 Å². The highest BCUT2D eigenvalue weighted by atomic mass is 16.5. The van der Waals surface area contributed by atoms with Crippen LogP contribution in [0.1, 0.15) is 6.42 Å². The lowest BCUT2D eigenvalue weighted by Gasteiger charge is -2.13. The number of carbonyl (C=O) groups is 2. The zero-order valence-electron chi connectivity index (χ0n) is 8.28. The van der Waals surface area contributed by atoms with Gasteiger partial charge in [0, 0.05) is 20.8 Å². The van der Waals surface area contributed by atoms with Gasteiger partial charge in [-0.3, -0.25) is 9.59 Å². The predicted octanol–water partition coefficient (Wildman–Crippen LogP) is -0.761. The van der Waals surface area contributed by atoms with Crippen molar-refractivity contribution < 1.29 is 24.2 Å². The van der Waals surface area contributed by atoms with E-state index in [-0.39, 0.29) is 25.5 Å². The molecule has 2 N–H and O–H groups in total. The predicted molar refractivity (Wildman–Crippen MR) is 47.9 cm³/mol. The van der Waals surface area contributed by atoms with Crippen molar-refractivity contribution in [3.63, 3.8) is 0 Å². The Morgan fingerprint density at radius 2 is 2.07 bits per heavy atom. The van der Waals surface area contributed by atoms with E-state index in [9.17, 15) is 9.59 Å². The lowest BCUT2D eigenvalue weighted by atomic mass is 10.2. The maximum atomic E-state index is 10.9. The minimum atomic E-state index is -0.960. The maximum absolute atomic E-state index is 10.9. The molecule has 0 aliphatic carbocycles. The Bertz CT molecular complexity index is 194. The van der Waals surface area contributed by atoms with Gasteiger partial charge in [0.1, 0.15) is 6.61 Å². The molecule has 0 rings (SSSR count). The minimum absolute atomic E-state index is 0.0382. The first-order valence-corrected chi connectivity index (χ1v) is 4.10. The smallest absolute Gasteiger partial charge is 0.306 e. The van der Waals surface area contributed by atoms with Crippen LogP contribution in [0.5, 0.6) is 0 Å². The SMILES string of the molecule is COCC(=O)NCC(CC(=O)O)OC. The highest BCUT2D eigenvalue weighted by molar-refractivity contribution is 5.77. The molecule has 1 amide bonds. The van der Waals surface area contributed by atoms with Gasteiger partial charge in [-0.25, -0.2) is 0 Å². The van der Waals surface area contributed by atoms with Gasteiger partial charge >= 0.3 is 5.97 Å². The molecule has 0 aromatic carbocycles. The maximum Gasteiger partial charge on any atom is 0.306 e. The Kier molecular flexibility index (Phi) is 6.69. The lowest BCUT2D eigenvalue weighted by molar-refractivity contribution is -0.140. The molecule has 1 unspecified atom stereocenters. The van der Waals surface area contributed by atoms with Gasteiger partial charge in [0.2, 0.25) is 5.91 Å². The molecule has 6 heteroatoms. The van der Waals surface area contributed by atoms with Crippen molar-refractivity contribution in [2.75, 3.05) is 27.4 Å². The van der Waals surface area contributed by atoms with Crippen LogP contribution >= 0.6 is 0 Å². The fourth-order valence-corrected chi connectivity index (χ4v) is 0.843. The highest BCUT2D eigenvalue weighted by Crippen LogP contribution is 1.95. The summed E-state index contributed by atoms with van der Waals surface area (Å²) < 4.78 is 9.43. The lowest BCUT2D eigenvalue weighted by Crippen LogP contribution is -2.36. The third-order valence-electron chi connectivity index (χ3n) is 1.54. The first-order chi connectivity index (χ1) is 6.60. The molecule has 1 atom stereocenters. The summed E-state index contributed by atoms with van der Waals surface area (Å²) in [5.41, 5.74) is 0. The molecule has 0 saturated heterocycles. The molecule has 0 aromatic heterocycles. The van der Waals surface area contributed by atoms with Crippen molar-refractivity contribution in [3.05, 3.63) is 0 Å². The molecule has 0 bridgehead atoms. The largest absolute Gasteiger partial charge is 0.481 e. The average Bonchev–Trinajstić information content (AvgIpc) is 2.12. The van der Waals surface area contributed by atoms with Gasteiger partial charge < -0.3 is 19.9 Å². The van der Waals surface area contributed by atoms with Crippen molar-refractivity contribution in [3.8, 4) is 0 Å². The van der Waals surface area contributed by atoms with Gasteiger partial charge in [-0.1, -0.05) is 0 Å². The van der Waals surface area contributed by atoms with Crippen LogP contribution in [-0.4, -0.2) is 50.5 Å². The number of carboxylic acids is 1. The Hall–Kier alpha value is -1.14. The van der Waals surface area contributed by atoms with Gasteiger partial charge in [-0.2, -0.15) is 0 Å². The quantitative estimate of drug-likeness (QED) is 0.570. The summed E-state index contributed by atoms with van der Waals surface area (Å²) in [4.78, 5) is 21.2. The monoisotopic (exact) mass is 205 g/mol. The zero-order valence-corrected chi connectivity index (χ0v) is 8.28. The molecule has 0 aliphatic rings. The second-order valence-electron chi connectivity index (χ2n) is 2.69. The molecular weight excluding hydrogens is 190 g/mol. The Morgan fingerprint density at radius 3 is 2.50 bits per heavy atom. The summed E-state index contributed by atoms with van der Waals surface area (Å²) in [6.45, 7) is 0.133. The zero-order chi connectivity index (χ0) is 11.0. The normalized spacial score (nSPS) is 12.1. The second-order valence-corrected chi connectivity index (χ2v) is 2.69. The van der Waals surface area contributed by atoms with Gasteiger partial charge in [0.05, 0.1) is 12.5 Å². The summed E-state index contributed by atoms with van der Waals surface area (Å²) in [5, 5.41) is 11.0. The van der Waals surface area contributed by atoms with E-state index >= 15 is 0 Å². The van der Waals surface area contributed by atoms with Crippen LogP contribution in [0.3, 0.4) is 0 Å².